The van der Waals surface area contributed by atoms with Crippen LogP contribution >= 0.6 is 45.3 Å². The third kappa shape index (κ3) is 10.9. The van der Waals surface area contributed by atoms with E-state index in [1.54, 1.807) is 22.7 Å². The van der Waals surface area contributed by atoms with Gasteiger partial charge in [0, 0.05) is 18.0 Å². The lowest BCUT2D eigenvalue weighted by Gasteiger charge is -2.02. The first-order valence-corrected chi connectivity index (χ1v) is 21.8. The van der Waals surface area contributed by atoms with Crippen LogP contribution in [0.25, 0.3) is 40.1 Å². The normalized spacial score (nSPS) is 11.6. The Hall–Kier alpha value is -2.26. The summed E-state index contributed by atoms with van der Waals surface area (Å²) in [4.78, 5) is 24.9. The van der Waals surface area contributed by atoms with Crippen molar-refractivity contribution < 1.29 is 0 Å². The molecule has 0 unspecified atom stereocenters. The Morgan fingerprint density at radius 3 is 1.46 bits per heavy atom. The number of aromatic nitrogens is 4. The molecule has 0 fully saturated rings. The molecule has 0 atom stereocenters. The highest BCUT2D eigenvalue weighted by molar-refractivity contribution is 7.28. The average Bonchev–Trinajstić information content (AvgIpc) is 3.90. The first-order chi connectivity index (χ1) is 23.6. The zero-order valence-electron chi connectivity index (χ0n) is 29.6. The zero-order chi connectivity index (χ0) is 33.6. The highest BCUT2D eigenvalue weighted by Gasteiger charge is 2.20. The van der Waals surface area contributed by atoms with Crippen LogP contribution in [0, 0.1) is 13.8 Å². The first-order valence-electron chi connectivity index (χ1n) is 18.5. The lowest BCUT2D eigenvalue weighted by molar-refractivity contribution is 0.574. The molecule has 4 heterocycles. The summed E-state index contributed by atoms with van der Waals surface area (Å²) in [5, 5.41) is 4.24. The van der Waals surface area contributed by atoms with Gasteiger partial charge in [0.25, 0.3) is 0 Å². The van der Waals surface area contributed by atoms with Gasteiger partial charge in [-0.05, 0) is 39.5 Å². The van der Waals surface area contributed by atoms with Crippen LogP contribution in [0.3, 0.4) is 0 Å². The van der Waals surface area contributed by atoms with Crippen molar-refractivity contribution in [2.45, 2.75) is 143 Å². The van der Waals surface area contributed by atoms with Crippen LogP contribution in [-0.2, 0) is 12.8 Å². The SMILES string of the molecule is CCCCCCCCCCc1nc(C)sc1-c1cnc(-c2ncc(-c3sc(-c4ccc(C)cc4)nc3CCCCCCCCCC)s2)s1. The van der Waals surface area contributed by atoms with Crippen molar-refractivity contribution in [3.8, 4) is 40.1 Å². The monoisotopic (exact) mass is 718 g/mol. The third-order valence-corrected chi connectivity index (χ3v) is 13.6. The summed E-state index contributed by atoms with van der Waals surface area (Å²) in [6.07, 6.45) is 27.4. The molecule has 0 aliphatic carbocycles. The van der Waals surface area contributed by atoms with Crippen molar-refractivity contribution in [2.24, 2.45) is 0 Å². The van der Waals surface area contributed by atoms with E-state index in [0.29, 0.717) is 0 Å². The summed E-state index contributed by atoms with van der Waals surface area (Å²) in [7, 11) is 0. The van der Waals surface area contributed by atoms with Gasteiger partial charge in [-0.15, -0.1) is 45.3 Å². The van der Waals surface area contributed by atoms with Crippen LogP contribution in [0.2, 0.25) is 0 Å². The van der Waals surface area contributed by atoms with Crippen molar-refractivity contribution in [2.75, 3.05) is 0 Å². The van der Waals surface area contributed by atoms with Gasteiger partial charge in [0.05, 0.1) is 35.9 Å². The van der Waals surface area contributed by atoms with Gasteiger partial charge in [-0.1, -0.05) is 134 Å². The number of hydrogen-bond acceptors (Lipinski definition) is 8. The van der Waals surface area contributed by atoms with E-state index in [-0.39, 0.29) is 0 Å². The summed E-state index contributed by atoms with van der Waals surface area (Å²) in [5.74, 6) is 0. The standard InChI is InChI=1S/C40H54N4S4/c1-5-7-9-11-13-15-17-19-21-32-36(45-30(4)43-32)34-27-41-39(46-34)40-42-28-35(47-40)37-33(22-20-18-16-14-12-10-8-6-2)44-38(48-37)31-25-23-29(3)24-26-31/h23-28H,5-22H2,1-4H3. The maximum atomic E-state index is 5.21. The molecule has 5 aromatic rings. The summed E-state index contributed by atoms with van der Waals surface area (Å²) in [5.41, 5.74) is 4.95. The highest BCUT2D eigenvalue weighted by Crippen LogP contribution is 2.43. The first kappa shape index (κ1) is 37.0. The molecule has 0 N–H and O–H groups in total. The molecule has 5 rings (SSSR count). The summed E-state index contributed by atoms with van der Waals surface area (Å²) in [6, 6.07) is 8.78. The largest absolute Gasteiger partial charge is 0.246 e. The number of nitrogens with zero attached hydrogens (tertiary/aromatic N) is 4. The molecule has 4 aromatic heterocycles. The molecule has 0 saturated heterocycles. The van der Waals surface area contributed by atoms with Crippen LogP contribution in [0.5, 0.6) is 0 Å². The summed E-state index contributed by atoms with van der Waals surface area (Å²) < 4.78 is 0. The van der Waals surface area contributed by atoms with Crippen LogP contribution < -0.4 is 0 Å². The number of hydrogen-bond donors (Lipinski definition) is 0. The molecule has 0 spiro atoms. The molecule has 48 heavy (non-hydrogen) atoms. The van der Waals surface area contributed by atoms with Crippen LogP contribution in [0.1, 0.15) is 139 Å². The maximum absolute atomic E-state index is 5.21. The molecule has 8 heteroatoms. The molecule has 0 amide bonds. The van der Waals surface area contributed by atoms with E-state index in [2.05, 4.69) is 58.2 Å². The van der Waals surface area contributed by atoms with Crippen LogP contribution in [0.4, 0.5) is 0 Å². The van der Waals surface area contributed by atoms with E-state index in [0.717, 1.165) is 32.9 Å². The van der Waals surface area contributed by atoms with Gasteiger partial charge < -0.3 is 0 Å². The Labute approximate surface area is 305 Å². The summed E-state index contributed by atoms with van der Waals surface area (Å²) in [6.45, 7) is 8.84. The Morgan fingerprint density at radius 1 is 0.479 bits per heavy atom. The number of unbranched alkanes of at least 4 members (excludes halogenated alkanes) is 14. The van der Waals surface area contributed by atoms with Gasteiger partial charge in [0.1, 0.15) is 5.01 Å². The fourth-order valence-corrected chi connectivity index (χ4v) is 10.4. The van der Waals surface area contributed by atoms with E-state index in [1.165, 1.54) is 145 Å². The molecular formula is C40H54N4S4. The zero-order valence-corrected chi connectivity index (χ0v) is 32.9. The van der Waals surface area contributed by atoms with Crippen molar-refractivity contribution in [3.63, 3.8) is 0 Å². The third-order valence-electron chi connectivity index (χ3n) is 8.98. The smallest absolute Gasteiger partial charge is 0.152 e. The number of aryl methyl sites for hydroxylation is 4. The minimum atomic E-state index is 0.996. The molecule has 4 nitrogen and oxygen atoms in total. The second-order valence-corrected chi connectivity index (χ2v) is 17.4. The van der Waals surface area contributed by atoms with E-state index in [1.807, 2.05) is 28.9 Å². The Balaban J connectivity index is 1.25. The van der Waals surface area contributed by atoms with Crippen molar-refractivity contribution in [3.05, 3.63) is 58.6 Å². The van der Waals surface area contributed by atoms with Gasteiger partial charge in [-0.3, -0.25) is 0 Å². The minimum absolute atomic E-state index is 0.996. The lowest BCUT2D eigenvalue weighted by atomic mass is 10.1. The van der Waals surface area contributed by atoms with Gasteiger partial charge in [0.15, 0.2) is 10.0 Å². The second-order valence-electron chi connectivity index (χ2n) is 13.2. The molecular weight excluding hydrogens is 665 g/mol. The maximum Gasteiger partial charge on any atom is 0.152 e. The fourth-order valence-electron chi connectivity index (χ4n) is 6.17. The Kier molecular flexibility index (Phi) is 15.3. The molecule has 0 aliphatic rings. The topological polar surface area (TPSA) is 51.6 Å². The van der Waals surface area contributed by atoms with Crippen molar-refractivity contribution >= 4 is 45.3 Å². The fraction of sp³-hybridized carbons (Fsp3) is 0.550. The highest BCUT2D eigenvalue weighted by atomic mass is 32.1. The summed E-state index contributed by atoms with van der Waals surface area (Å²) >= 11 is 7.14. The van der Waals surface area contributed by atoms with Gasteiger partial charge >= 0.3 is 0 Å². The predicted octanol–water partition coefficient (Wildman–Crippen LogP) is 14.2. The minimum Gasteiger partial charge on any atom is -0.246 e. The molecule has 0 radical (unpaired) electrons. The van der Waals surface area contributed by atoms with Gasteiger partial charge in [0.2, 0.25) is 0 Å². The molecule has 0 aliphatic heterocycles. The number of thiazole rings is 4. The van der Waals surface area contributed by atoms with Gasteiger partial charge in [-0.25, -0.2) is 19.9 Å². The van der Waals surface area contributed by atoms with E-state index in [4.69, 9.17) is 19.9 Å². The molecule has 0 saturated carbocycles. The van der Waals surface area contributed by atoms with Gasteiger partial charge in [-0.2, -0.15) is 0 Å². The van der Waals surface area contributed by atoms with Crippen LogP contribution in [-0.4, -0.2) is 19.9 Å². The second kappa shape index (κ2) is 19.8. The van der Waals surface area contributed by atoms with Crippen LogP contribution in [0.15, 0.2) is 36.7 Å². The predicted molar refractivity (Wildman–Crippen MR) is 213 cm³/mol. The molecule has 1 aromatic carbocycles. The number of benzene rings is 1. The van der Waals surface area contributed by atoms with E-state index in [9.17, 15) is 0 Å². The molecule has 0 bridgehead atoms. The van der Waals surface area contributed by atoms with Crippen molar-refractivity contribution in [1.82, 2.24) is 19.9 Å². The Morgan fingerprint density at radius 2 is 0.938 bits per heavy atom. The van der Waals surface area contributed by atoms with E-state index < -0.39 is 0 Å². The average molecular weight is 719 g/mol. The quantitative estimate of drug-likeness (QED) is 0.0669. The van der Waals surface area contributed by atoms with E-state index >= 15 is 0 Å². The lowest BCUT2D eigenvalue weighted by Crippen LogP contribution is -1.89. The van der Waals surface area contributed by atoms with Crippen molar-refractivity contribution in [1.29, 1.82) is 0 Å². The molecule has 258 valence electrons. The Bertz CT molecular complexity index is 1640. The number of rotatable bonds is 22.